The maximum Gasteiger partial charge on any atom is 0.126 e. The lowest BCUT2D eigenvalue weighted by Crippen LogP contribution is -2.24. The average Bonchev–Trinajstić information content (AvgIpc) is 2.64. The Morgan fingerprint density at radius 1 is 1.47 bits per heavy atom. The smallest absolute Gasteiger partial charge is 0.126 e. The normalized spacial score (nSPS) is 17.8. The summed E-state index contributed by atoms with van der Waals surface area (Å²) in [5, 5.41) is 0. The molecule has 1 aromatic rings. The van der Waals surface area contributed by atoms with Gasteiger partial charge in [-0.05, 0) is 30.9 Å². The summed E-state index contributed by atoms with van der Waals surface area (Å²) >= 11 is 0. The Hall–Kier alpha value is -1.09. The van der Waals surface area contributed by atoms with Crippen LogP contribution in [0.3, 0.4) is 0 Å². The summed E-state index contributed by atoms with van der Waals surface area (Å²) in [5.74, 6) is 0.630. The molecule has 0 atom stereocenters. The van der Waals surface area contributed by atoms with Crippen LogP contribution in [0.4, 0.5) is 5.82 Å². The minimum atomic E-state index is -0.128. The van der Waals surface area contributed by atoms with Crippen LogP contribution < -0.4 is 5.73 Å². The Bertz CT molecular complexity index is 383. The second-order valence-corrected chi connectivity index (χ2v) is 4.16. The van der Waals surface area contributed by atoms with Gasteiger partial charge in [-0.15, -0.1) is 0 Å². The van der Waals surface area contributed by atoms with E-state index >= 15 is 0 Å². The fourth-order valence-electron chi connectivity index (χ4n) is 2.52. The fraction of sp³-hybridized carbons (Fsp3) is 0.583. The van der Waals surface area contributed by atoms with Crippen LogP contribution in [0.25, 0.3) is 0 Å². The number of pyridine rings is 1. The molecule has 1 aliphatic rings. The minimum Gasteiger partial charge on any atom is -0.383 e. The summed E-state index contributed by atoms with van der Waals surface area (Å²) in [6.07, 6.45) is 3.83. The lowest BCUT2D eigenvalue weighted by Gasteiger charge is -2.28. The molecule has 0 saturated heterocycles. The quantitative estimate of drug-likeness (QED) is 0.808. The van der Waals surface area contributed by atoms with Crippen molar-refractivity contribution >= 4 is 5.82 Å². The van der Waals surface area contributed by atoms with Crippen molar-refractivity contribution in [2.24, 2.45) is 0 Å². The molecule has 1 aliphatic heterocycles. The van der Waals surface area contributed by atoms with Crippen molar-refractivity contribution in [3.8, 4) is 0 Å². The molecule has 2 rings (SSSR count). The van der Waals surface area contributed by atoms with Gasteiger partial charge in [-0.2, -0.15) is 0 Å². The van der Waals surface area contributed by atoms with Crippen LogP contribution in [0, 0.1) is 6.92 Å². The SMILES string of the molecule is CCC1(CC)OCc2cnc(N)c(C)c21. The molecule has 0 unspecified atom stereocenters. The Labute approximate surface area is 90.7 Å². The molecule has 82 valence electrons. The second-order valence-electron chi connectivity index (χ2n) is 4.16. The molecule has 3 nitrogen and oxygen atoms in total. The van der Waals surface area contributed by atoms with Crippen molar-refractivity contribution in [3.05, 3.63) is 22.9 Å². The van der Waals surface area contributed by atoms with Gasteiger partial charge in [-0.1, -0.05) is 13.8 Å². The first-order valence-corrected chi connectivity index (χ1v) is 5.53. The highest BCUT2D eigenvalue weighted by atomic mass is 16.5. The summed E-state index contributed by atoms with van der Waals surface area (Å²) in [6, 6.07) is 0. The van der Waals surface area contributed by atoms with Gasteiger partial charge in [-0.25, -0.2) is 4.98 Å². The third-order valence-corrected chi connectivity index (χ3v) is 3.54. The molecule has 0 amide bonds. The zero-order valence-electron chi connectivity index (χ0n) is 9.63. The topological polar surface area (TPSA) is 48.1 Å². The molecule has 0 aromatic carbocycles. The Morgan fingerprint density at radius 3 is 2.73 bits per heavy atom. The maximum atomic E-state index is 5.95. The van der Waals surface area contributed by atoms with E-state index in [-0.39, 0.29) is 5.60 Å². The van der Waals surface area contributed by atoms with Crippen LogP contribution in [0.1, 0.15) is 43.4 Å². The first-order chi connectivity index (χ1) is 7.14. The van der Waals surface area contributed by atoms with Crippen LogP contribution in [0.2, 0.25) is 0 Å². The zero-order valence-corrected chi connectivity index (χ0v) is 9.63. The number of aromatic nitrogens is 1. The van der Waals surface area contributed by atoms with E-state index in [2.05, 4.69) is 18.8 Å². The molecule has 0 radical (unpaired) electrons. The fourth-order valence-corrected chi connectivity index (χ4v) is 2.52. The first-order valence-electron chi connectivity index (χ1n) is 5.53. The predicted molar refractivity (Wildman–Crippen MR) is 60.4 cm³/mol. The van der Waals surface area contributed by atoms with E-state index in [0.29, 0.717) is 12.4 Å². The molecule has 15 heavy (non-hydrogen) atoms. The van der Waals surface area contributed by atoms with E-state index in [4.69, 9.17) is 10.5 Å². The molecule has 2 heterocycles. The average molecular weight is 206 g/mol. The number of hydrogen-bond acceptors (Lipinski definition) is 3. The summed E-state index contributed by atoms with van der Waals surface area (Å²) < 4.78 is 5.95. The van der Waals surface area contributed by atoms with Crippen molar-refractivity contribution < 1.29 is 4.74 Å². The molecule has 0 bridgehead atoms. The van der Waals surface area contributed by atoms with Crippen LogP contribution in [-0.2, 0) is 16.9 Å². The second kappa shape index (κ2) is 3.49. The van der Waals surface area contributed by atoms with E-state index in [1.54, 1.807) is 0 Å². The Balaban J connectivity index is 2.62. The van der Waals surface area contributed by atoms with Crippen molar-refractivity contribution in [1.29, 1.82) is 0 Å². The lowest BCUT2D eigenvalue weighted by atomic mass is 9.85. The standard InChI is InChI=1S/C12H18N2O/c1-4-12(5-2)10-8(3)11(13)14-6-9(10)7-15-12/h6H,4-5,7H2,1-3H3,(H2,13,14). The van der Waals surface area contributed by atoms with Crippen LogP contribution in [0.5, 0.6) is 0 Å². The molecule has 0 saturated carbocycles. The number of hydrogen-bond donors (Lipinski definition) is 1. The molecular weight excluding hydrogens is 188 g/mol. The minimum absolute atomic E-state index is 0.128. The maximum absolute atomic E-state index is 5.95. The van der Waals surface area contributed by atoms with Crippen LogP contribution >= 0.6 is 0 Å². The van der Waals surface area contributed by atoms with Gasteiger partial charge >= 0.3 is 0 Å². The van der Waals surface area contributed by atoms with Crippen molar-refractivity contribution in [2.45, 2.75) is 45.8 Å². The van der Waals surface area contributed by atoms with Gasteiger partial charge in [0.1, 0.15) is 5.82 Å². The summed E-state index contributed by atoms with van der Waals surface area (Å²) in [4.78, 5) is 4.18. The van der Waals surface area contributed by atoms with E-state index in [0.717, 1.165) is 18.4 Å². The molecule has 1 aromatic heterocycles. The number of anilines is 1. The van der Waals surface area contributed by atoms with Gasteiger partial charge in [0.15, 0.2) is 0 Å². The van der Waals surface area contributed by atoms with Crippen molar-refractivity contribution in [1.82, 2.24) is 4.98 Å². The van der Waals surface area contributed by atoms with Gasteiger partial charge < -0.3 is 10.5 Å². The highest BCUT2D eigenvalue weighted by Crippen LogP contribution is 2.43. The first kappa shape index (κ1) is 10.4. The van der Waals surface area contributed by atoms with E-state index < -0.39 is 0 Å². The Morgan fingerprint density at radius 2 is 2.13 bits per heavy atom. The van der Waals surface area contributed by atoms with Gasteiger partial charge in [0.2, 0.25) is 0 Å². The molecular formula is C12H18N2O. The zero-order chi connectivity index (χ0) is 11.1. The summed E-state index contributed by atoms with van der Waals surface area (Å²) in [6.45, 7) is 7.03. The van der Waals surface area contributed by atoms with Crippen molar-refractivity contribution in [3.63, 3.8) is 0 Å². The van der Waals surface area contributed by atoms with Crippen molar-refractivity contribution in [2.75, 3.05) is 5.73 Å². The van der Waals surface area contributed by atoms with Gasteiger partial charge in [-0.3, -0.25) is 0 Å². The van der Waals surface area contributed by atoms with E-state index in [1.807, 2.05) is 13.1 Å². The summed E-state index contributed by atoms with van der Waals surface area (Å²) in [7, 11) is 0. The molecule has 0 spiro atoms. The molecule has 2 N–H and O–H groups in total. The largest absolute Gasteiger partial charge is 0.383 e. The number of nitrogen functional groups attached to an aromatic ring is 1. The predicted octanol–water partition coefficient (Wildman–Crippen LogP) is 2.52. The highest BCUT2D eigenvalue weighted by Gasteiger charge is 2.38. The highest BCUT2D eigenvalue weighted by molar-refractivity contribution is 5.50. The third kappa shape index (κ3) is 1.34. The van der Waals surface area contributed by atoms with E-state index in [1.165, 1.54) is 11.1 Å². The summed E-state index contributed by atoms with van der Waals surface area (Å²) in [5.41, 5.74) is 9.30. The number of nitrogens with zero attached hydrogens (tertiary/aromatic N) is 1. The van der Waals surface area contributed by atoms with Crippen LogP contribution in [0.15, 0.2) is 6.20 Å². The third-order valence-electron chi connectivity index (χ3n) is 3.54. The van der Waals surface area contributed by atoms with Crippen LogP contribution in [-0.4, -0.2) is 4.98 Å². The number of ether oxygens (including phenoxy) is 1. The number of nitrogens with two attached hydrogens (primary N) is 1. The van der Waals surface area contributed by atoms with Gasteiger partial charge in [0.25, 0.3) is 0 Å². The monoisotopic (exact) mass is 206 g/mol. The Kier molecular flexibility index (Phi) is 2.43. The molecule has 0 fully saturated rings. The number of rotatable bonds is 2. The van der Waals surface area contributed by atoms with Gasteiger partial charge in [0.05, 0.1) is 12.2 Å². The molecule has 0 aliphatic carbocycles. The van der Waals surface area contributed by atoms with E-state index in [9.17, 15) is 0 Å². The number of fused-ring (bicyclic) bond motifs is 1. The van der Waals surface area contributed by atoms with Gasteiger partial charge in [0, 0.05) is 11.8 Å². The lowest BCUT2D eigenvalue weighted by molar-refractivity contribution is -0.0442. The molecule has 3 heteroatoms.